The molecule has 18 atom stereocenters. The van der Waals surface area contributed by atoms with Gasteiger partial charge in [0.05, 0.1) is 12.7 Å². The zero-order valence-electron chi connectivity index (χ0n) is 52.5. The number of fused-ring (bicyclic) bond motifs is 9. The van der Waals surface area contributed by atoms with Crippen LogP contribution in [0.2, 0.25) is 0 Å². The van der Waals surface area contributed by atoms with Crippen LogP contribution in [0, 0.1) is 52.8 Å². The minimum Gasteiger partial charge on any atom is -0.756 e. The van der Waals surface area contributed by atoms with E-state index in [1.807, 2.05) is 54.5 Å². The number of nitrogens with zero attached hydrogens (tertiary/aromatic N) is 6. The second kappa shape index (κ2) is 28.1. The van der Waals surface area contributed by atoms with Crippen molar-refractivity contribution in [2.75, 3.05) is 24.7 Å². The molecule has 7 amide bonds. The minimum absolute atomic E-state index is 0. The molecule has 90 heavy (non-hydrogen) atoms. The first-order valence-electron chi connectivity index (χ1n) is 29.9. The molecule has 0 aliphatic carbocycles. The molecule has 8 bridgehead atoms. The molecule has 30 heteroatoms. The van der Waals surface area contributed by atoms with E-state index < -0.39 is 162 Å². The molecular weight excluding hydrogens is 1230 g/mol. The van der Waals surface area contributed by atoms with Crippen LogP contribution in [-0.2, 0) is 68.7 Å². The third-order valence-corrected chi connectivity index (χ3v) is 21.1. The van der Waals surface area contributed by atoms with Crippen LogP contribution in [0.5, 0.6) is 5.75 Å². The van der Waals surface area contributed by atoms with E-state index in [0.717, 1.165) is 0 Å². The molecule has 0 spiro atoms. The van der Waals surface area contributed by atoms with Gasteiger partial charge < -0.3 is 113 Å². The molecular formula is C60H89CoN13O15P-7. The summed E-state index contributed by atoms with van der Waals surface area (Å²) in [5, 5.41) is 60.6. The fraction of sp³-hybridized carbons (Fsp3) is 0.667. The van der Waals surface area contributed by atoms with Gasteiger partial charge >= 0.3 is 0 Å². The maximum Gasteiger partial charge on any atom is 0.268 e. The summed E-state index contributed by atoms with van der Waals surface area (Å²) in [6.45, 7) is 13.5. The molecule has 5 saturated heterocycles. The van der Waals surface area contributed by atoms with Gasteiger partial charge in [0.15, 0.2) is 6.23 Å². The van der Waals surface area contributed by atoms with Crippen LogP contribution in [0.4, 0.5) is 11.4 Å². The summed E-state index contributed by atoms with van der Waals surface area (Å²) in [6, 6.07) is 0.484. The molecule has 505 valence electrons. The van der Waals surface area contributed by atoms with Crippen molar-refractivity contribution in [2.24, 2.45) is 79.7 Å². The molecule has 7 aliphatic heterocycles. The Hall–Kier alpha value is -6.01. The number of rotatable bonds is 25. The first-order valence-corrected chi connectivity index (χ1v) is 31.3. The number of primary amides is 6. The van der Waals surface area contributed by atoms with Crippen LogP contribution in [0.25, 0.3) is 26.6 Å². The van der Waals surface area contributed by atoms with Crippen LogP contribution in [-0.4, -0.2) is 137 Å². The van der Waals surface area contributed by atoms with Crippen molar-refractivity contribution in [1.29, 1.82) is 0 Å². The Balaban J connectivity index is 0.00000645. The first kappa shape index (κ1) is 73.0. The Morgan fingerprint density at radius 1 is 0.811 bits per heavy atom. The molecule has 1 aromatic rings. The number of allylic oxidation sites excluding steroid dienone is 3. The van der Waals surface area contributed by atoms with Crippen molar-refractivity contribution in [1.82, 2.24) is 5.32 Å². The predicted molar refractivity (Wildman–Crippen MR) is 327 cm³/mol. The van der Waals surface area contributed by atoms with Crippen molar-refractivity contribution in [3.63, 3.8) is 0 Å². The number of benzene rings is 1. The van der Waals surface area contributed by atoms with Gasteiger partial charge in [-0.2, -0.15) is 17.1 Å². The number of anilines is 1. The fourth-order valence-electron chi connectivity index (χ4n) is 15.5. The van der Waals surface area contributed by atoms with Crippen LogP contribution in [0.3, 0.4) is 0 Å². The Kier molecular flexibility index (Phi) is 22.8. The molecule has 0 saturated carbocycles. The van der Waals surface area contributed by atoms with Crippen LogP contribution >= 0.6 is 7.82 Å². The molecule has 18 unspecified atom stereocenters. The van der Waals surface area contributed by atoms with E-state index in [9.17, 15) is 58.3 Å². The number of hydrogen-bond acceptors (Lipinski definition) is 16. The monoisotopic (exact) mass is 1320 g/mol. The maximum absolute atomic E-state index is 14.2. The summed E-state index contributed by atoms with van der Waals surface area (Å²) in [5.41, 5.74) is 35.4. The van der Waals surface area contributed by atoms with Crippen LogP contribution in [0.1, 0.15) is 126 Å². The number of phenols is 1. The molecule has 7 aliphatic rings. The standard InChI is InChI=1S/C59H87N13O15P.CH3.Co/c1-27(86-88(83,84)87-52-39(25-73)85-55(51(52)82)72-26-67-35-12-9-30(74)17-38(35)72)24-66-48(81)15-16-57(6)33(18-44(62)77)37-21-41-58(7,22-46(64)79)32(11-14-43(61)76)50(71-41)29(3)54-59(8,23-47(65)80)34(19-45(63)78)36(69-54)20-40-56(4,5)31(10-13-42(60)75)49(70-40)28(2)53(57)68-37;;/h9,12,17,20,27,31-34,37,39-41,51-55,73-74,82H,10-11,13-16,18-19,21-26H2,1-8H3,(H2,60,75)(H2,61,76)(H2,62,77)(H2,63,78)(H2,64,79)(H2,65,80)(H,66,81)(H,83,84);1H3;/q-5;-1;/p-1. The molecule has 1 aromatic carbocycles. The number of carbonyl (C=O) groups is 7. The van der Waals surface area contributed by atoms with Gasteiger partial charge in [-0.3, -0.25) is 38.1 Å². The molecule has 8 rings (SSSR count). The van der Waals surface area contributed by atoms with E-state index in [1.165, 1.54) is 24.0 Å². The van der Waals surface area contributed by atoms with Crippen molar-refractivity contribution in [3.05, 3.63) is 86.5 Å². The number of phosphoric ester groups is 1. The topological polar surface area (TPSA) is 490 Å². The number of amides is 7. The summed E-state index contributed by atoms with van der Waals surface area (Å²) in [6.07, 6.45) is -5.92. The molecule has 28 nitrogen and oxygen atoms in total. The smallest absolute Gasteiger partial charge is 0.268 e. The van der Waals surface area contributed by atoms with Crippen LogP contribution in [0.15, 0.2) is 52.5 Å². The zero-order chi connectivity index (χ0) is 64.9. The minimum atomic E-state index is -5.32. The van der Waals surface area contributed by atoms with Crippen molar-refractivity contribution in [2.45, 2.75) is 187 Å². The number of phosphoric acid groups is 1. The number of phenolic OH excluding ortho intramolecular Hbond substituents is 1. The number of aliphatic hydroxyl groups is 2. The summed E-state index contributed by atoms with van der Waals surface area (Å²) in [7, 11) is -5.32. The van der Waals surface area contributed by atoms with Gasteiger partial charge in [-0.25, -0.2) is 0 Å². The Labute approximate surface area is 536 Å². The van der Waals surface area contributed by atoms with E-state index in [4.69, 9.17) is 69.5 Å². The second-order valence-corrected chi connectivity index (χ2v) is 27.8. The number of aromatic hydroxyl groups is 1. The van der Waals surface area contributed by atoms with E-state index in [-0.39, 0.29) is 114 Å². The number of ether oxygens (including phenoxy) is 1. The molecule has 1 radical (unpaired) electrons. The predicted octanol–water partition coefficient (Wildman–Crippen LogP) is 3.63. The van der Waals surface area contributed by atoms with Gasteiger partial charge in [0, 0.05) is 80.0 Å². The average Bonchev–Trinajstić information content (AvgIpc) is 1.57. The summed E-state index contributed by atoms with van der Waals surface area (Å²) in [4.78, 5) is 108. The van der Waals surface area contributed by atoms with Gasteiger partial charge in [-0.05, 0) is 91.4 Å². The first-order chi connectivity index (χ1) is 41.0. The van der Waals surface area contributed by atoms with Gasteiger partial charge in [0.25, 0.3) is 7.82 Å². The normalized spacial score (nSPS) is 34.0. The Bertz CT molecular complexity index is 3080. The van der Waals surface area contributed by atoms with Crippen LogP contribution < -0.4 is 49.5 Å². The van der Waals surface area contributed by atoms with Gasteiger partial charge in [0.1, 0.15) is 24.1 Å². The SMILES string of the molecule is CC1=C2[N-]C(CC3[N-]C(C(C)=C4[N-]C(C=C5[N-]C1C(C)(CC(N)=O)C5CC(N)=O)C(C)(C)C4CCC(N)=O)C(C)(CCC(=O)NCC(C)OP(=O)([O-])OC1C(CO)OC(N4C[N-]c5ccc(O)cc54)C1O)C3CC(N)=O)C(C)(CC(N)=O)C2CCC(N)=O.[CH3-].[Co]. The third kappa shape index (κ3) is 14.7. The third-order valence-electron chi connectivity index (χ3n) is 20.0. The molecule has 0 aromatic heterocycles. The molecule has 5 fully saturated rings. The van der Waals surface area contributed by atoms with Gasteiger partial charge in [-0.15, -0.1) is 41.0 Å². The second-order valence-electron chi connectivity index (χ2n) is 26.5. The van der Waals surface area contributed by atoms with Crippen molar-refractivity contribution in [3.8, 4) is 5.75 Å². The summed E-state index contributed by atoms with van der Waals surface area (Å²) >= 11 is 0. The van der Waals surface area contributed by atoms with E-state index in [0.29, 0.717) is 39.6 Å². The van der Waals surface area contributed by atoms with Gasteiger partial charge in [0.2, 0.25) is 41.4 Å². The Morgan fingerprint density at radius 2 is 1.41 bits per heavy atom. The number of carbonyl (C=O) groups excluding carboxylic acids is 7. The molecule has 7 heterocycles. The van der Waals surface area contributed by atoms with E-state index in [1.54, 1.807) is 6.07 Å². The van der Waals surface area contributed by atoms with E-state index in [2.05, 4.69) is 10.6 Å². The number of aliphatic hydroxyl groups excluding tert-OH is 2. The maximum atomic E-state index is 14.2. The number of nitrogens with one attached hydrogen (secondary N) is 1. The Morgan fingerprint density at radius 3 is 2.01 bits per heavy atom. The fourth-order valence-corrected chi connectivity index (χ4v) is 16.6. The summed E-state index contributed by atoms with van der Waals surface area (Å²) < 4.78 is 30.0. The van der Waals surface area contributed by atoms with E-state index >= 15 is 0 Å². The number of nitrogens with two attached hydrogens (primary N) is 6. The molecule has 16 N–H and O–H groups in total. The average molecular weight is 1320 g/mol. The van der Waals surface area contributed by atoms with Crippen molar-refractivity contribution >= 4 is 60.5 Å². The van der Waals surface area contributed by atoms with Crippen molar-refractivity contribution < 1.29 is 88.9 Å². The van der Waals surface area contributed by atoms with Gasteiger partial charge in [-0.1, -0.05) is 65.9 Å². The number of hydrogen-bond donors (Lipinski definition) is 10. The zero-order valence-corrected chi connectivity index (χ0v) is 54.4. The largest absolute Gasteiger partial charge is 0.756 e. The summed E-state index contributed by atoms with van der Waals surface area (Å²) in [5.74, 6) is -7.07. The quantitative estimate of drug-likeness (QED) is 0.0494.